The van der Waals surface area contributed by atoms with Crippen molar-refractivity contribution in [1.82, 2.24) is 10.2 Å². The van der Waals surface area contributed by atoms with E-state index in [0.29, 0.717) is 11.5 Å². The minimum Gasteiger partial charge on any atom is -0.317 e. The molecule has 2 aliphatic heterocycles. The number of sulfone groups is 1. The molecule has 0 atom stereocenters. The molecule has 0 amide bonds. The van der Waals surface area contributed by atoms with Gasteiger partial charge in [0, 0.05) is 18.6 Å². The van der Waals surface area contributed by atoms with Gasteiger partial charge in [-0.2, -0.15) is 0 Å². The molecule has 0 unspecified atom stereocenters. The lowest BCUT2D eigenvalue weighted by atomic mass is 9.88. The third-order valence-electron chi connectivity index (χ3n) is 3.79. The number of nitrogens with one attached hydrogen (secondary N) is 1. The first-order valence-electron chi connectivity index (χ1n) is 5.68. The fourth-order valence-corrected chi connectivity index (χ4v) is 3.74. The molecule has 2 saturated heterocycles. The van der Waals surface area contributed by atoms with Crippen molar-refractivity contribution in [2.24, 2.45) is 0 Å². The highest BCUT2D eigenvalue weighted by atomic mass is 32.2. The highest BCUT2D eigenvalue weighted by Gasteiger charge is 2.36. The number of hydrogen-bond donors (Lipinski definition) is 1. The second kappa shape index (κ2) is 4.03. The van der Waals surface area contributed by atoms with Crippen LogP contribution in [-0.2, 0) is 9.84 Å². The van der Waals surface area contributed by atoms with Crippen molar-refractivity contribution in [2.45, 2.75) is 25.3 Å². The molecule has 2 heterocycles. The van der Waals surface area contributed by atoms with Gasteiger partial charge in [-0.25, -0.2) is 8.42 Å². The lowest BCUT2D eigenvalue weighted by Gasteiger charge is -2.45. The zero-order chi connectivity index (χ0) is 10.9. The first-order valence-corrected chi connectivity index (χ1v) is 7.50. The molecule has 88 valence electrons. The Morgan fingerprint density at radius 2 is 1.67 bits per heavy atom. The molecule has 2 aliphatic rings. The van der Waals surface area contributed by atoms with Crippen LogP contribution < -0.4 is 5.32 Å². The van der Waals surface area contributed by atoms with Crippen LogP contribution in [-0.4, -0.2) is 56.5 Å². The number of nitrogens with zero attached hydrogens (tertiary/aromatic N) is 1. The minimum absolute atomic E-state index is 0.223. The van der Waals surface area contributed by atoms with Gasteiger partial charge in [0.2, 0.25) is 0 Å². The maximum Gasteiger partial charge on any atom is 0.152 e. The van der Waals surface area contributed by atoms with Crippen LogP contribution in [0.2, 0.25) is 0 Å². The Hall–Kier alpha value is -0.130. The molecule has 0 saturated carbocycles. The monoisotopic (exact) mass is 232 g/mol. The van der Waals surface area contributed by atoms with Crippen molar-refractivity contribution < 1.29 is 8.42 Å². The van der Waals surface area contributed by atoms with Gasteiger partial charge in [0.25, 0.3) is 0 Å². The average Bonchev–Trinajstić information content (AvgIpc) is 2.18. The number of rotatable bonds is 1. The lowest BCUT2D eigenvalue weighted by molar-refractivity contribution is 0.0813. The van der Waals surface area contributed by atoms with Gasteiger partial charge in [0.15, 0.2) is 9.84 Å². The third-order valence-corrected chi connectivity index (χ3v) is 5.40. The second-order valence-electron chi connectivity index (χ2n) is 4.89. The normalized spacial score (nSPS) is 31.3. The minimum atomic E-state index is -2.74. The molecular weight excluding hydrogens is 212 g/mol. The predicted octanol–water partition coefficient (Wildman–Crippen LogP) is -0.141. The molecule has 0 radical (unpaired) electrons. The summed E-state index contributed by atoms with van der Waals surface area (Å²) in [5.74, 6) is 0.687. The van der Waals surface area contributed by atoms with E-state index in [-0.39, 0.29) is 5.54 Å². The summed E-state index contributed by atoms with van der Waals surface area (Å²) in [5, 5.41) is 3.35. The van der Waals surface area contributed by atoms with Crippen molar-refractivity contribution in [2.75, 3.05) is 37.7 Å². The highest BCUT2D eigenvalue weighted by molar-refractivity contribution is 7.91. The summed E-state index contributed by atoms with van der Waals surface area (Å²) in [7, 11) is -2.74. The molecule has 15 heavy (non-hydrogen) atoms. The van der Waals surface area contributed by atoms with Gasteiger partial charge in [0.1, 0.15) is 0 Å². The van der Waals surface area contributed by atoms with Crippen LogP contribution in [0.1, 0.15) is 19.8 Å². The quantitative estimate of drug-likeness (QED) is 0.683. The SMILES string of the molecule is CC1(N2CCS(=O)(=O)CC2)CCNCC1. The van der Waals surface area contributed by atoms with Crippen LogP contribution in [0, 0.1) is 0 Å². The van der Waals surface area contributed by atoms with Crippen LogP contribution in [0.4, 0.5) is 0 Å². The van der Waals surface area contributed by atoms with Crippen LogP contribution >= 0.6 is 0 Å². The van der Waals surface area contributed by atoms with E-state index in [2.05, 4.69) is 17.1 Å². The van der Waals surface area contributed by atoms with Crippen molar-refractivity contribution in [1.29, 1.82) is 0 Å². The molecule has 2 fully saturated rings. The summed E-state index contributed by atoms with van der Waals surface area (Å²) in [6.07, 6.45) is 2.26. The molecule has 2 rings (SSSR count). The Kier molecular flexibility index (Phi) is 3.05. The van der Waals surface area contributed by atoms with Gasteiger partial charge in [-0.3, -0.25) is 4.90 Å². The van der Waals surface area contributed by atoms with Crippen LogP contribution in [0.3, 0.4) is 0 Å². The van der Waals surface area contributed by atoms with Crippen LogP contribution in [0.15, 0.2) is 0 Å². The molecule has 0 aliphatic carbocycles. The molecule has 4 nitrogen and oxygen atoms in total. The van der Waals surface area contributed by atoms with E-state index in [1.165, 1.54) is 0 Å². The molecule has 0 aromatic heterocycles. The topological polar surface area (TPSA) is 49.4 Å². The van der Waals surface area contributed by atoms with E-state index in [0.717, 1.165) is 39.0 Å². The first kappa shape index (κ1) is 11.4. The summed E-state index contributed by atoms with van der Waals surface area (Å²) in [4.78, 5) is 2.37. The predicted molar refractivity (Wildman–Crippen MR) is 60.7 cm³/mol. The zero-order valence-electron chi connectivity index (χ0n) is 9.33. The Morgan fingerprint density at radius 1 is 1.13 bits per heavy atom. The average molecular weight is 232 g/mol. The molecule has 5 heteroatoms. The highest BCUT2D eigenvalue weighted by Crippen LogP contribution is 2.26. The van der Waals surface area contributed by atoms with Crippen molar-refractivity contribution in [3.05, 3.63) is 0 Å². The molecule has 1 N–H and O–H groups in total. The van der Waals surface area contributed by atoms with Crippen LogP contribution in [0.5, 0.6) is 0 Å². The molecule has 0 bridgehead atoms. The summed E-state index contributed by atoms with van der Waals surface area (Å²) < 4.78 is 22.7. The maximum atomic E-state index is 11.3. The Balaban J connectivity index is 2.00. The van der Waals surface area contributed by atoms with Crippen molar-refractivity contribution in [3.63, 3.8) is 0 Å². The third kappa shape index (κ3) is 2.52. The summed E-state index contributed by atoms with van der Waals surface area (Å²) in [5.41, 5.74) is 0.223. The Labute approximate surface area is 91.9 Å². The lowest BCUT2D eigenvalue weighted by Crippen LogP contribution is -2.57. The maximum absolute atomic E-state index is 11.3. The van der Waals surface area contributed by atoms with Crippen molar-refractivity contribution in [3.8, 4) is 0 Å². The van der Waals surface area contributed by atoms with E-state index < -0.39 is 9.84 Å². The van der Waals surface area contributed by atoms with Gasteiger partial charge < -0.3 is 5.32 Å². The smallest absolute Gasteiger partial charge is 0.152 e. The molecular formula is C10H20N2O2S. The Bertz CT molecular complexity index is 306. The zero-order valence-corrected chi connectivity index (χ0v) is 10.1. The largest absolute Gasteiger partial charge is 0.317 e. The van der Waals surface area contributed by atoms with Crippen molar-refractivity contribution >= 4 is 9.84 Å². The van der Waals surface area contributed by atoms with Gasteiger partial charge in [-0.15, -0.1) is 0 Å². The van der Waals surface area contributed by atoms with E-state index >= 15 is 0 Å². The van der Waals surface area contributed by atoms with Crippen LogP contribution in [0.25, 0.3) is 0 Å². The summed E-state index contributed by atoms with van der Waals surface area (Å²) in [6.45, 7) is 5.82. The van der Waals surface area contributed by atoms with Gasteiger partial charge >= 0.3 is 0 Å². The molecule has 0 spiro atoms. The van der Waals surface area contributed by atoms with E-state index in [1.54, 1.807) is 0 Å². The van der Waals surface area contributed by atoms with Gasteiger partial charge in [-0.1, -0.05) is 0 Å². The first-order chi connectivity index (χ1) is 7.02. The summed E-state index contributed by atoms with van der Waals surface area (Å²) in [6, 6.07) is 0. The summed E-state index contributed by atoms with van der Waals surface area (Å²) >= 11 is 0. The molecule has 0 aromatic rings. The number of piperidine rings is 1. The molecule has 0 aromatic carbocycles. The fourth-order valence-electron chi connectivity index (χ4n) is 2.53. The standard InChI is InChI=1S/C10H20N2O2S/c1-10(2-4-11-5-3-10)12-6-8-15(13,14)9-7-12/h11H,2-9H2,1H3. The fraction of sp³-hybridized carbons (Fsp3) is 1.00. The van der Waals surface area contributed by atoms with E-state index in [9.17, 15) is 8.42 Å². The van der Waals surface area contributed by atoms with Gasteiger partial charge in [-0.05, 0) is 32.9 Å². The van der Waals surface area contributed by atoms with E-state index in [4.69, 9.17) is 0 Å². The Morgan fingerprint density at radius 3 is 2.20 bits per heavy atom. The van der Waals surface area contributed by atoms with Gasteiger partial charge in [0.05, 0.1) is 11.5 Å². The number of hydrogen-bond acceptors (Lipinski definition) is 4. The second-order valence-corrected chi connectivity index (χ2v) is 7.19. The van der Waals surface area contributed by atoms with E-state index in [1.807, 2.05) is 0 Å².